The number of rotatable bonds is 3. The van der Waals surface area contributed by atoms with Gasteiger partial charge in [0, 0.05) is 38.5 Å². The average molecular weight is 278 g/mol. The largest absolute Gasteiger partial charge is 0.342 e. The van der Waals surface area contributed by atoms with E-state index >= 15 is 0 Å². The second-order valence-corrected chi connectivity index (χ2v) is 6.69. The van der Waals surface area contributed by atoms with Gasteiger partial charge in [-0.2, -0.15) is 0 Å². The maximum absolute atomic E-state index is 12.2. The SMILES string of the molecule is O=C1CCCCN1CC1CCN(C(=O)C2CCC2)CC1. The molecule has 0 aromatic heterocycles. The molecule has 3 fully saturated rings. The first-order valence-electron chi connectivity index (χ1n) is 8.30. The number of piperidine rings is 2. The van der Waals surface area contributed by atoms with E-state index in [0.29, 0.717) is 23.7 Å². The van der Waals surface area contributed by atoms with Gasteiger partial charge in [0.15, 0.2) is 0 Å². The summed E-state index contributed by atoms with van der Waals surface area (Å²) < 4.78 is 0. The summed E-state index contributed by atoms with van der Waals surface area (Å²) in [6.07, 6.45) is 8.52. The molecule has 1 aliphatic carbocycles. The van der Waals surface area contributed by atoms with Crippen molar-refractivity contribution in [2.45, 2.75) is 51.4 Å². The molecule has 0 N–H and O–H groups in total. The molecule has 0 aromatic rings. The molecule has 0 radical (unpaired) electrons. The molecule has 2 aliphatic heterocycles. The summed E-state index contributed by atoms with van der Waals surface area (Å²) in [7, 11) is 0. The first-order valence-corrected chi connectivity index (χ1v) is 8.30. The molecule has 0 spiro atoms. The van der Waals surface area contributed by atoms with Gasteiger partial charge < -0.3 is 9.80 Å². The lowest BCUT2D eigenvalue weighted by Gasteiger charge is -2.38. The van der Waals surface area contributed by atoms with Gasteiger partial charge in [-0.25, -0.2) is 0 Å². The van der Waals surface area contributed by atoms with Crippen molar-refractivity contribution in [2.75, 3.05) is 26.2 Å². The quantitative estimate of drug-likeness (QED) is 0.792. The molecule has 2 heterocycles. The van der Waals surface area contributed by atoms with E-state index in [4.69, 9.17) is 0 Å². The zero-order chi connectivity index (χ0) is 13.9. The van der Waals surface area contributed by atoms with E-state index in [0.717, 1.165) is 71.1 Å². The highest BCUT2D eigenvalue weighted by Crippen LogP contribution is 2.30. The minimum Gasteiger partial charge on any atom is -0.342 e. The zero-order valence-corrected chi connectivity index (χ0v) is 12.4. The highest BCUT2D eigenvalue weighted by molar-refractivity contribution is 5.79. The van der Waals surface area contributed by atoms with Crippen LogP contribution in [0.15, 0.2) is 0 Å². The summed E-state index contributed by atoms with van der Waals surface area (Å²) >= 11 is 0. The van der Waals surface area contributed by atoms with Gasteiger partial charge in [-0.15, -0.1) is 0 Å². The Morgan fingerprint density at radius 3 is 2.35 bits per heavy atom. The van der Waals surface area contributed by atoms with Crippen LogP contribution < -0.4 is 0 Å². The third-order valence-electron chi connectivity index (χ3n) is 5.28. The summed E-state index contributed by atoms with van der Waals surface area (Å²) in [5.41, 5.74) is 0. The van der Waals surface area contributed by atoms with Crippen LogP contribution in [0.5, 0.6) is 0 Å². The van der Waals surface area contributed by atoms with Gasteiger partial charge in [-0.3, -0.25) is 9.59 Å². The summed E-state index contributed by atoms with van der Waals surface area (Å²) in [4.78, 5) is 28.1. The topological polar surface area (TPSA) is 40.6 Å². The minimum absolute atomic E-state index is 0.329. The summed E-state index contributed by atoms with van der Waals surface area (Å²) in [6.45, 7) is 3.68. The van der Waals surface area contributed by atoms with Crippen LogP contribution in [0.2, 0.25) is 0 Å². The van der Waals surface area contributed by atoms with Crippen LogP contribution in [-0.4, -0.2) is 47.8 Å². The molecule has 0 atom stereocenters. The molecule has 2 amide bonds. The number of carbonyl (C=O) groups is 2. The Morgan fingerprint density at radius 1 is 1.00 bits per heavy atom. The van der Waals surface area contributed by atoms with E-state index in [1.165, 1.54) is 6.42 Å². The highest BCUT2D eigenvalue weighted by Gasteiger charge is 2.32. The molecule has 112 valence electrons. The fourth-order valence-corrected chi connectivity index (χ4v) is 3.62. The maximum Gasteiger partial charge on any atom is 0.225 e. The van der Waals surface area contributed by atoms with Crippen molar-refractivity contribution >= 4 is 11.8 Å². The number of nitrogens with zero attached hydrogens (tertiary/aromatic N) is 2. The van der Waals surface area contributed by atoms with Gasteiger partial charge in [0.2, 0.25) is 11.8 Å². The number of carbonyl (C=O) groups excluding carboxylic acids is 2. The van der Waals surface area contributed by atoms with Crippen molar-refractivity contribution in [3.63, 3.8) is 0 Å². The minimum atomic E-state index is 0.329. The van der Waals surface area contributed by atoms with Crippen molar-refractivity contribution in [2.24, 2.45) is 11.8 Å². The van der Waals surface area contributed by atoms with Gasteiger partial charge in [0.1, 0.15) is 0 Å². The molecule has 0 unspecified atom stereocenters. The predicted octanol–water partition coefficient (Wildman–Crippen LogP) is 2.04. The van der Waals surface area contributed by atoms with Crippen molar-refractivity contribution < 1.29 is 9.59 Å². The first-order chi connectivity index (χ1) is 9.74. The van der Waals surface area contributed by atoms with Gasteiger partial charge in [0.25, 0.3) is 0 Å². The van der Waals surface area contributed by atoms with E-state index in [2.05, 4.69) is 9.80 Å². The molecule has 4 heteroatoms. The lowest BCUT2D eigenvalue weighted by Crippen LogP contribution is -2.46. The van der Waals surface area contributed by atoms with Crippen LogP contribution in [0.1, 0.15) is 51.4 Å². The average Bonchev–Trinajstić information content (AvgIpc) is 2.40. The Kier molecular flexibility index (Phi) is 4.27. The Balaban J connectivity index is 1.43. The van der Waals surface area contributed by atoms with Crippen molar-refractivity contribution in [1.29, 1.82) is 0 Å². The predicted molar refractivity (Wildman–Crippen MR) is 77.1 cm³/mol. The Bertz CT molecular complexity index is 371. The summed E-state index contributed by atoms with van der Waals surface area (Å²) in [6, 6.07) is 0. The van der Waals surface area contributed by atoms with Crippen LogP contribution in [0.3, 0.4) is 0 Å². The molecule has 0 aromatic carbocycles. The Labute approximate surface area is 121 Å². The second-order valence-electron chi connectivity index (χ2n) is 6.69. The van der Waals surface area contributed by atoms with E-state index in [9.17, 15) is 9.59 Å². The van der Waals surface area contributed by atoms with Crippen LogP contribution in [0.25, 0.3) is 0 Å². The van der Waals surface area contributed by atoms with Gasteiger partial charge in [-0.1, -0.05) is 6.42 Å². The standard InChI is InChI=1S/C16H26N2O2/c19-15-6-1-2-9-18(15)12-13-7-10-17(11-8-13)16(20)14-4-3-5-14/h13-14H,1-12H2. The lowest BCUT2D eigenvalue weighted by molar-refractivity contribution is -0.140. The highest BCUT2D eigenvalue weighted by atomic mass is 16.2. The molecular formula is C16H26N2O2. The Morgan fingerprint density at radius 2 is 1.75 bits per heavy atom. The van der Waals surface area contributed by atoms with Crippen LogP contribution in [0.4, 0.5) is 0 Å². The number of likely N-dealkylation sites (tertiary alicyclic amines) is 2. The molecule has 3 rings (SSSR count). The van der Waals surface area contributed by atoms with Gasteiger partial charge >= 0.3 is 0 Å². The molecule has 4 nitrogen and oxygen atoms in total. The molecule has 0 bridgehead atoms. The lowest BCUT2D eigenvalue weighted by atomic mass is 9.83. The van der Waals surface area contributed by atoms with Crippen molar-refractivity contribution in [1.82, 2.24) is 9.80 Å². The van der Waals surface area contributed by atoms with Crippen LogP contribution >= 0.6 is 0 Å². The smallest absolute Gasteiger partial charge is 0.225 e. The van der Waals surface area contributed by atoms with Gasteiger partial charge in [0.05, 0.1) is 0 Å². The molecule has 1 saturated carbocycles. The van der Waals surface area contributed by atoms with Crippen molar-refractivity contribution in [3.05, 3.63) is 0 Å². The fraction of sp³-hybridized carbons (Fsp3) is 0.875. The van der Waals surface area contributed by atoms with Gasteiger partial charge in [-0.05, 0) is 44.4 Å². The van der Waals surface area contributed by atoms with Crippen molar-refractivity contribution in [3.8, 4) is 0 Å². The van der Waals surface area contributed by atoms with E-state index in [-0.39, 0.29) is 0 Å². The molecular weight excluding hydrogens is 252 g/mol. The zero-order valence-electron chi connectivity index (χ0n) is 12.4. The normalized spacial score (nSPS) is 25.7. The monoisotopic (exact) mass is 278 g/mol. The summed E-state index contributed by atoms with van der Waals surface area (Å²) in [5.74, 6) is 1.66. The number of hydrogen-bond acceptors (Lipinski definition) is 2. The van der Waals surface area contributed by atoms with Crippen LogP contribution in [-0.2, 0) is 9.59 Å². The van der Waals surface area contributed by atoms with E-state index in [1.54, 1.807) is 0 Å². The molecule has 3 aliphatic rings. The number of hydrogen-bond donors (Lipinski definition) is 0. The summed E-state index contributed by atoms with van der Waals surface area (Å²) in [5, 5.41) is 0. The number of amides is 2. The first kappa shape index (κ1) is 13.9. The van der Waals surface area contributed by atoms with E-state index in [1.807, 2.05) is 0 Å². The fourth-order valence-electron chi connectivity index (χ4n) is 3.62. The van der Waals surface area contributed by atoms with E-state index < -0.39 is 0 Å². The second kappa shape index (κ2) is 6.15. The third kappa shape index (κ3) is 2.99. The molecule has 2 saturated heterocycles. The van der Waals surface area contributed by atoms with Crippen LogP contribution in [0, 0.1) is 11.8 Å². The molecule has 20 heavy (non-hydrogen) atoms. The Hall–Kier alpha value is -1.06. The third-order valence-corrected chi connectivity index (χ3v) is 5.28. The maximum atomic E-state index is 12.2.